The molecule has 1 aliphatic carbocycles. The quantitative estimate of drug-likeness (QED) is 0.554. The highest BCUT2D eigenvalue weighted by molar-refractivity contribution is 5.43. The second kappa shape index (κ2) is 3.10. The molecule has 1 aliphatic rings. The van der Waals surface area contributed by atoms with E-state index in [9.17, 15) is 0 Å². The summed E-state index contributed by atoms with van der Waals surface area (Å²) < 4.78 is 0. The van der Waals surface area contributed by atoms with Gasteiger partial charge < -0.3 is 0 Å². The van der Waals surface area contributed by atoms with E-state index in [0.29, 0.717) is 10.8 Å². The average Bonchev–Trinajstić information content (AvgIpc) is 2.13. The molecule has 0 unspecified atom stereocenters. The fourth-order valence-corrected chi connectivity index (χ4v) is 2.70. The molecule has 0 radical (unpaired) electrons. The van der Waals surface area contributed by atoms with Gasteiger partial charge >= 0.3 is 0 Å². The molecule has 2 rings (SSSR count). The van der Waals surface area contributed by atoms with Crippen molar-refractivity contribution in [2.75, 3.05) is 0 Å². The van der Waals surface area contributed by atoms with Crippen molar-refractivity contribution in [3.63, 3.8) is 0 Å². The third-order valence-corrected chi connectivity index (χ3v) is 4.01. The second-order valence-corrected chi connectivity index (χ2v) is 6.32. The molecule has 0 atom stereocenters. The van der Waals surface area contributed by atoms with Crippen LogP contribution in [0.1, 0.15) is 57.2 Å². The molecule has 0 heteroatoms. The third-order valence-electron chi connectivity index (χ3n) is 4.01. The van der Waals surface area contributed by atoms with E-state index in [0.717, 1.165) is 0 Å². The van der Waals surface area contributed by atoms with E-state index in [4.69, 9.17) is 0 Å². The molecule has 82 valence electrons. The molecule has 0 N–H and O–H groups in total. The van der Waals surface area contributed by atoms with Gasteiger partial charge in [-0.3, -0.25) is 0 Å². The highest BCUT2D eigenvalue weighted by atomic mass is 15.1. The Balaban J connectivity index is 2.64. The molecule has 0 heterocycles. The number of rotatable bonds is 0. The van der Waals surface area contributed by atoms with Gasteiger partial charge in [-0.05, 0) is 41.7 Å². The molecular weight excluding hydrogens is 184 g/mol. The van der Waals surface area contributed by atoms with E-state index in [2.05, 4.69) is 52.8 Å². The van der Waals surface area contributed by atoms with E-state index in [-0.39, 0.29) is 0 Å². The third kappa shape index (κ3) is 1.71. The lowest BCUT2D eigenvalue weighted by atomic mass is 10.0. The van der Waals surface area contributed by atoms with Crippen LogP contribution in [0.25, 0.3) is 0 Å². The smallest absolute Gasteiger partial charge is 0.0100 e. The largest absolute Gasteiger partial charge is 0.0590 e. The summed E-state index contributed by atoms with van der Waals surface area (Å²) in [5, 5.41) is 0. The van der Waals surface area contributed by atoms with Crippen LogP contribution in [0, 0.1) is 6.92 Å². The molecule has 15 heavy (non-hydrogen) atoms. The normalized spacial score (nSPS) is 22.2. The van der Waals surface area contributed by atoms with Gasteiger partial charge in [0.15, 0.2) is 0 Å². The van der Waals surface area contributed by atoms with Crippen LogP contribution in [0.5, 0.6) is 0 Å². The van der Waals surface area contributed by atoms with Crippen molar-refractivity contribution in [2.45, 2.75) is 58.3 Å². The van der Waals surface area contributed by atoms with E-state index in [1.165, 1.54) is 18.4 Å². The lowest BCUT2D eigenvalue weighted by Crippen LogP contribution is -2.33. The van der Waals surface area contributed by atoms with Crippen LogP contribution in [-0.4, -0.2) is 0 Å². The van der Waals surface area contributed by atoms with Crippen molar-refractivity contribution in [3.05, 3.63) is 34.9 Å². The van der Waals surface area contributed by atoms with E-state index in [1.54, 1.807) is 11.1 Å². The van der Waals surface area contributed by atoms with Gasteiger partial charge in [0.2, 0.25) is 0 Å². The van der Waals surface area contributed by atoms with Crippen LogP contribution in [-0.2, 0) is 10.8 Å². The fourth-order valence-electron chi connectivity index (χ4n) is 2.70. The molecular formula is C15H22. The second-order valence-electron chi connectivity index (χ2n) is 6.32. The van der Waals surface area contributed by atoms with Crippen LogP contribution in [0.2, 0.25) is 0 Å². The molecule has 0 spiro atoms. The van der Waals surface area contributed by atoms with Gasteiger partial charge in [0.1, 0.15) is 0 Å². The molecule has 0 saturated carbocycles. The first-order chi connectivity index (χ1) is 6.83. The van der Waals surface area contributed by atoms with Crippen LogP contribution in [0.4, 0.5) is 0 Å². The summed E-state index contributed by atoms with van der Waals surface area (Å²) >= 11 is 0. The Bertz CT molecular complexity index is 383. The van der Waals surface area contributed by atoms with Crippen molar-refractivity contribution in [1.82, 2.24) is 0 Å². The molecule has 0 saturated heterocycles. The molecule has 0 nitrogen and oxygen atoms in total. The molecule has 0 fully saturated rings. The molecule has 1 aromatic carbocycles. The summed E-state index contributed by atoms with van der Waals surface area (Å²) in [6.45, 7) is 11.7. The Kier molecular flexibility index (Phi) is 2.22. The van der Waals surface area contributed by atoms with E-state index in [1.807, 2.05) is 0 Å². The zero-order chi connectivity index (χ0) is 11.3. The summed E-state index contributed by atoms with van der Waals surface area (Å²) in [6, 6.07) is 6.98. The number of hydrogen-bond acceptors (Lipinski definition) is 0. The van der Waals surface area contributed by atoms with Crippen molar-refractivity contribution < 1.29 is 0 Å². The predicted octanol–water partition coefficient (Wildman–Crippen LogP) is 4.34. The predicted molar refractivity (Wildman–Crippen MR) is 66.5 cm³/mol. The van der Waals surface area contributed by atoms with E-state index >= 15 is 0 Å². The summed E-state index contributed by atoms with van der Waals surface area (Å²) in [4.78, 5) is 0. The highest BCUT2D eigenvalue weighted by Crippen LogP contribution is 2.45. The van der Waals surface area contributed by atoms with Crippen molar-refractivity contribution in [2.24, 2.45) is 0 Å². The minimum atomic E-state index is 0.358. The zero-order valence-electron chi connectivity index (χ0n) is 10.6. The lowest BCUT2D eigenvalue weighted by molar-refractivity contribution is 0.331. The van der Waals surface area contributed by atoms with Crippen molar-refractivity contribution in [1.29, 1.82) is 0 Å². The first kappa shape index (κ1) is 10.7. The van der Waals surface area contributed by atoms with Crippen molar-refractivity contribution >= 4 is 0 Å². The van der Waals surface area contributed by atoms with Crippen LogP contribution >= 0.6 is 0 Å². The van der Waals surface area contributed by atoms with Crippen LogP contribution < -0.4 is 0 Å². The number of fused-ring (bicyclic) bond motifs is 1. The first-order valence-corrected chi connectivity index (χ1v) is 5.95. The summed E-state index contributed by atoms with van der Waals surface area (Å²) in [5.41, 5.74) is 5.23. The first-order valence-electron chi connectivity index (χ1n) is 5.95. The molecule has 0 amide bonds. The number of hydrogen-bond donors (Lipinski definition) is 0. The monoisotopic (exact) mass is 206 g/mol. The Morgan fingerprint density at radius 1 is 0.867 bits per heavy atom. The van der Waals surface area contributed by atoms with Gasteiger partial charge in [-0.1, -0.05) is 51.5 Å². The maximum absolute atomic E-state index is 2.39. The number of aryl methyl sites for hydroxylation is 1. The number of benzene rings is 1. The van der Waals surface area contributed by atoms with Crippen LogP contribution in [0.3, 0.4) is 0 Å². The Hall–Kier alpha value is -0.780. The summed E-state index contributed by atoms with van der Waals surface area (Å²) in [6.07, 6.45) is 2.60. The van der Waals surface area contributed by atoms with Crippen LogP contribution in [0.15, 0.2) is 18.2 Å². The fraction of sp³-hybridized carbons (Fsp3) is 0.600. The summed E-state index contributed by atoms with van der Waals surface area (Å²) in [7, 11) is 0. The van der Waals surface area contributed by atoms with Crippen molar-refractivity contribution in [3.8, 4) is 0 Å². The summed E-state index contributed by atoms with van der Waals surface area (Å²) in [5.74, 6) is 0. The minimum Gasteiger partial charge on any atom is -0.0590 e. The lowest BCUT2D eigenvalue weighted by Gasteiger charge is -2.42. The molecule has 0 aromatic heterocycles. The van der Waals surface area contributed by atoms with E-state index < -0.39 is 0 Å². The molecule has 0 bridgehead atoms. The Morgan fingerprint density at radius 3 is 2.00 bits per heavy atom. The Morgan fingerprint density at radius 2 is 1.40 bits per heavy atom. The minimum absolute atomic E-state index is 0.358. The van der Waals surface area contributed by atoms with Gasteiger partial charge in [0, 0.05) is 0 Å². The zero-order valence-corrected chi connectivity index (χ0v) is 10.6. The van der Waals surface area contributed by atoms with Gasteiger partial charge in [-0.15, -0.1) is 0 Å². The average molecular weight is 206 g/mol. The SMILES string of the molecule is Cc1ccc2c(c1)[13C](C)(C)[13CH2][13CH2][13C]2(C)C. The molecule has 0 aliphatic heterocycles. The molecule has 1 aromatic rings. The van der Waals surface area contributed by atoms with Gasteiger partial charge in [0.05, 0.1) is 0 Å². The Labute approximate surface area is 93.7 Å². The van der Waals surface area contributed by atoms with Gasteiger partial charge in [-0.25, -0.2) is 0 Å². The highest BCUT2D eigenvalue weighted by Gasteiger charge is 2.36. The van der Waals surface area contributed by atoms with Gasteiger partial charge in [0.25, 0.3) is 0 Å². The maximum Gasteiger partial charge on any atom is -0.0100 e. The standard InChI is InChI=1S/C15H22/c1-11-6-7-12-13(10-11)15(4,5)9-8-14(12,2)3/h6-7,10H,8-9H2,1-5H3/i8+1,9+1,14+1,15+1. The van der Waals surface area contributed by atoms with Gasteiger partial charge in [-0.2, -0.15) is 0 Å². The maximum atomic E-state index is 2.39. The topological polar surface area (TPSA) is 0 Å².